The summed E-state index contributed by atoms with van der Waals surface area (Å²) in [6.45, 7) is 10.4. The lowest BCUT2D eigenvalue weighted by Crippen LogP contribution is -2.41. The molecule has 0 amide bonds. The fraction of sp³-hybridized carbons (Fsp3) is 0.500. The maximum atomic E-state index is 6.11. The van der Waals surface area contributed by atoms with E-state index < -0.39 is 0 Å². The summed E-state index contributed by atoms with van der Waals surface area (Å²) in [5.41, 5.74) is 4.53. The zero-order valence-electron chi connectivity index (χ0n) is 12.0. The van der Waals surface area contributed by atoms with Crippen LogP contribution in [-0.4, -0.2) is 23.3 Å². The van der Waals surface area contributed by atoms with E-state index in [2.05, 4.69) is 51.7 Å². The van der Waals surface area contributed by atoms with Crippen LogP contribution in [0.3, 0.4) is 0 Å². The molecule has 2 heterocycles. The van der Waals surface area contributed by atoms with Crippen LogP contribution in [0.5, 0.6) is 0 Å². The maximum Gasteiger partial charge on any atom is 0.497 e. The molecule has 100 valence electrons. The zero-order chi connectivity index (χ0) is 13.8. The van der Waals surface area contributed by atoms with Crippen LogP contribution in [0, 0.1) is 6.92 Å². The van der Waals surface area contributed by atoms with Crippen molar-refractivity contribution < 1.29 is 9.31 Å². The van der Waals surface area contributed by atoms with Crippen LogP contribution in [0.1, 0.15) is 33.3 Å². The van der Waals surface area contributed by atoms with E-state index in [0.29, 0.717) is 0 Å². The molecule has 19 heavy (non-hydrogen) atoms. The summed E-state index contributed by atoms with van der Waals surface area (Å²) >= 11 is 1.66. The number of aryl methyl sites for hydroxylation is 1. The highest BCUT2D eigenvalue weighted by Crippen LogP contribution is 2.37. The fourth-order valence-corrected chi connectivity index (χ4v) is 3.06. The largest absolute Gasteiger partial charge is 0.497 e. The highest BCUT2D eigenvalue weighted by atomic mass is 32.1. The Morgan fingerprint density at radius 3 is 2.37 bits per heavy atom. The second-order valence-corrected chi connectivity index (χ2v) is 6.94. The minimum Gasteiger partial charge on any atom is -0.399 e. The Bertz CT molecular complexity index is 619. The highest BCUT2D eigenvalue weighted by Gasteiger charge is 2.52. The molecule has 2 aromatic rings. The number of aromatic nitrogens is 1. The third kappa shape index (κ3) is 1.92. The number of fused-ring (bicyclic) bond motifs is 1. The van der Waals surface area contributed by atoms with Crippen LogP contribution >= 0.6 is 11.3 Å². The molecular weight excluding hydrogens is 257 g/mol. The van der Waals surface area contributed by atoms with Gasteiger partial charge in [0.1, 0.15) is 0 Å². The Balaban J connectivity index is 2.08. The van der Waals surface area contributed by atoms with Crippen LogP contribution < -0.4 is 5.46 Å². The van der Waals surface area contributed by atoms with Crippen molar-refractivity contribution in [2.75, 3.05) is 0 Å². The molecule has 0 unspecified atom stereocenters. The lowest BCUT2D eigenvalue weighted by molar-refractivity contribution is 0.00578. The van der Waals surface area contributed by atoms with E-state index in [1.54, 1.807) is 11.3 Å². The lowest BCUT2D eigenvalue weighted by atomic mass is 9.78. The Kier molecular flexibility index (Phi) is 2.79. The quantitative estimate of drug-likeness (QED) is 0.750. The van der Waals surface area contributed by atoms with Gasteiger partial charge in [-0.05, 0) is 40.2 Å². The standard InChI is InChI=1S/C14H18BNO2S/c1-9-6-7-10(11-12(9)19-8-16-11)15-17-13(2,3)14(4,5)18-15/h6-8H,1-5H3. The van der Waals surface area contributed by atoms with Crippen LogP contribution in [0.25, 0.3) is 10.2 Å². The van der Waals surface area contributed by atoms with E-state index >= 15 is 0 Å². The van der Waals surface area contributed by atoms with Gasteiger partial charge in [-0.3, -0.25) is 0 Å². The van der Waals surface area contributed by atoms with Gasteiger partial charge in [0.25, 0.3) is 0 Å². The molecule has 1 aliphatic heterocycles. The van der Waals surface area contributed by atoms with Crippen molar-refractivity contribution in [2.24, 2.45) is 0 Å². The predicted molar refractivity (Wildman–Crippen MR) is 80.1 cm³/mol. The van der Waals surface area contributed by atoms with E-state index in [1.165, 1.54) is 10.3 Å². The van der Waals surface area contributed by atoms with Gasteiger partial charge in [-0.15, -0.1) is 11.3 Å². The zero-order valence-corrected chi connectivity index (χ0v) is 12.8. The molecule has 0 N–H and O–H groups in total. The molecule has 0 spiro atoms. The molecule has 1 fully saturated rings. The first-order valence-electron chi connectivity index (χ1n) is 6.50. The van der Waals surface area contributed by atoms with E-state index in [0.717, 1.165) is 11.0 Å². The van der Waals surface area contributed by atoms with E-state index in [4.69, 9.17) is 9.31 Å². The van der Waals surface area contributed by atoms with Gasteiger partial charge in [0, 0.05) is 5.46 Å². The van der Waals surface area contributed by atoms with E-state index in [1.807, 2.05) is 5.51 Å². The first kappa shape index (κ1) is 13.1. The van der Waals surface area contributed by atoms with Crippen molar-refractivity contribution in [1.29, 1.82) is 0 Å². The van der Waals surface area contributed by atoms with Crippen molar-refractivity contribution in [1.82, 2.24) is 4.98 Å². The van der Waals surface area contributed by atoms with Crippen LogP contribution in [0.15, 0.2) is 17.6 Å². The summed E-state index contributed by atoms with van der Waals surface area (Å²) in [4.78, 5) is 4.48. The first-order chi connectivity index (χ1) is 8.82. The lowest BCUT2D eigenvalue weighted by Gasteiger charge is -2.32. The molecule has 0 saturated carbocycles. The van der Waals surface area contributed by atoms with Gasteiger partial charge < -0.3 is 9.31 Å². The number of thiazole rings is 1. The van der Waals surface area contributed by atoms with Crippen LogP contribution in [-0.2, 0) is 9.31 Å². The summed E-state index contributed by atoms with van der Waals surface area (Å²) in [6.07, 6.45) is 0. The number of rotatable bonds is 1. The third-order valence-electron chi connectivity index (χ3n) is 4.22. The molecule has 1 aromatic carbocycles. The van der Waals surface area contributed by atoms with Crippen molar-refractivity contribution in [3.05, 3.63) is 23.2 Å². The number of hydrogen-bond acceptors (Lipinski definition) is 4. The molecule has 1 aromatic heterocycles. The normalized spacial score (nSPS) is 21.2. The molecular formula is C14H18BNO2S. The van der Waals surface area contributed by atoms with E-state index in [-0.39, 0.29) is 18.3 Å². The fourth-order valence-electron chi connectivity index (χ4n) is 2.26. The summed E-state index contributed by atoms with van der Waals surface area (Å²) in [5, 5.41) is 0. The first-order valence-corrected chi connectivity index (χ1v) is 7.38. The topological polar surface area (TPSA) is 31.4 Å². The van der Waals surface area contributed by atoms with Crippen LogP contribution in [0.2, 0.25) is 0 Å². The monoisotopic (exact) mass is 275 g/mol. The third-order valence-corrected chi connectivity index (χ3v) is 5.18. The number of benzene rings is 1. The molecule has 1 aliphatic rings. The van der Waals surface area contributed by atoms with Crippen molar-refractivity contribution >= 4 is 34.1 Å². The molecule has 1 saturated heterocycles. The van der Waals surface area contributed by atoms with Crippen molar-refractivity contribution in [3.63, 3.8) is 0 Å². The SMILES string of the molecule is Cc1ccc(B2OC(C)(C)C(C)(C)O2)c2ncsc12. The molecule has 0 atom stereocenters. The van der Waals surface area contributed by atoms with Gasteiger partial charge in [-0.2, -0.15) is 0 Å². The highest BCUT2D eigenvalue weighted by molar-refractivity contribution is 7.17. The summed E-state index contributed by atoms with van der Waals surface area (Å²) < 4.78 is 13.4. The Morgan fingerprint density at radius 1 is 1.11 bits per heavy atom. The molecule has 0 radical (unpaired) electrons. The average molecular weight is 275 g/mol. The van der Waals surface area contributed by atoms with Gasteiger partial charge in [-0.25, -0.2) is 4.98 Å². The molecule has 5 heteroatoms. The predicted octanol–water partition coefficient (Wildman–Crippen LogP) is 2.90. The van der Waals surface area contributed by atoms with Gasteiger partial charge in [0.2, 0.25) is 0 Å². The van der Waals surface area contributed by atoms with E-state index in [9.17, 15) is 0 Å². The molecule has 3 rings (SSSR count). The van der Waals surface area contributed by atoms with Gasteiger partial charge in [0.05, 0.1) is 26.9 Å². The van der Waals surface area contributed by atoms with Gasteiger partial charge in [-0.1, -0.05) is 12.1 Å². The summed E-state index contributed by atoms with van der Waals surface area (Å²) in [6, 6.07) is 4.18. The van der Waals surface area contributed by atoms with Crippen molar-refractivity contribution in [2.45, 2.75) is 45.8 Å². The second kappa shape index (κ2) is 4.04. The van der Waals surface area contributed by atoms with Crippen molar-refractivity contribution in [3.8, 4) is 0 Å². The Labute approximate surface area is 118 Å². The Morgan fingerprint density at radius 2 is 1.74 bits per heavy atom. The number of nitrogens with zero attached hydrogens (tertiary/aromatic N) is 1. The average Bonchev–Trinajstić information content (AvgIpc) is 2.84. The summed E-state index contributed by atoms with van der Waals surface area (Å²) in [7, 11) is -0.338. The molecule has 0 aliphatic carbocycles. The van der Waals surface area contributed by atoms with Gasteiger partial charge in [0.15, 0.2) is 0 Å². The molecule has 3 nitrogen and oxygen atoms in total. The molecule has 0 bridgehead atoms. The minimum absolute atomic E-state index is 0.315. The summed E-state index contributed by atoms with van der Waals surface area (Å²) in [5.74, 6) is 0. The maximum absolute atomic E-state index is 6.11. The second-order valence-electron chi connectivity index (χ2n) is 6.09. The van der Waals surface area contributed by atoms with Gasteiger partial charge >= 0.3 is 7.12 Å². The minimum atomic E-state index is -0.338. The number of hydrogen-bond donors (Lipinski definition) is 0. The van der Waals surface area contributed by atoms with Crippen LogP contribution in [0.4, 0.5) is 0 Å². The Hall–Kier alpha value is -0.905. The smallest absolute Gasteiger partial charge is 0.399 e.